The minimum Gasteiger partial charge on any atom is -0.337 e. The van der Waals surface area contributed by atoms with E-state index in [2.05, 4.69) is 32.9 Å². The normalized spacial score (nSPS) is 14.3. The summed E-state index contributed by atoms with van der Waals surface area (Å²) in [4.78, 5) is 14.4. The highest BCUT2D eigenvalue weighted by molar-refractivity contribution is 5.92. The Bertz CT molecular complexity index is 1130. The predicted octanol–water partition coefficient (Wildman–Crippen LogP) is 2.76. The van der Waals surface area contributed by atoms with Gasteiger partial charge < -0.3 is 9.30 Å². The van der Waals surface area contributed by atoms with Gasteiger partial charge in [-0.3, -0.25) is 9.48 Å². The molecule has 0 bridgehead atoms. The smallest absolute Gasteiger partial charge is 0.274 e. The maximum absolute atomic E-state index is 12.6. The van der Waals surface area contributed by atoms with Gasteiger partial charge in [-0.1, -0.05) is 6.07 Å². The number of likely N-dealkylation sites (tertiary alicyclic amines) is 1. The first-order chi connectivity index (χ1) is 13.2. The van der Waals surface area contributed by atoms with Gasteiger partial charge in [-0.05, 0) is 37.1 Å². The zero-order chi connectivity index (χ0) is 18.4. The lowest BCUT2D eigenvalue weighted by Crippen LogP contribution is -2.28. The van der Waals surface area contributed by atoms with Crippen molar-refractivity contribution in [2.24, 2.45) is 7.05 Å². The van der Waals surface area contributed by atoms with Crippen LogP contribution in [0, 0.1) is 0 Å². The van der Waals surface area contributed by atoms with Crippen LogP contribution < -0.4 is 0 Å². The Morgan fingerprint density at radius 1 is 1.00 bits per heavy atom. The summed E-state index contributed by atoms with van der Waals surface area (Å²) >= 11 is 0. The Morgan fingerprint density at radius 2 is 1.81 bits per heavy atom. The number of rotatable bonds is 3. The van der Waals surface area contributed by atoms with Crippen LogP contribution in [0.5, 0.6) is 0 Å². The van der Waals surface area contributed by atoms with Crippen LogP contribution in [0.15, 0.2) is 55.1 Å². The highest BCUT2D eigenvalue weighted by Gasteiger charge is 2.21. The largest absolute Gasteiger partial charge is 0.337 e. The van der Waals surface area contributed by atoms with Gasteiger partial charge in [0.25, 0.3) is 5.91 Å². The number of hydrogen-bond acceptors (Lipinski definition) is 3. The lowest BCUT2D eigenvalue weighted by Gasteiger charge is -2.12. The molecule has 1 fully saturated rings. The van der Waals surface area contributed by atoms with Gasteiger partial charge in [-0.15, -0.1) is 0 Å². The number of aromatic nitrogens is 5. The van der Waals surface area contributed by atoms with E-state index < -0.39 is 0 Å². The van der Waals surface area contributed by atoms with E-state index in [0.29, 0.717) is 5.69 Å². The second-order valence-corrected chi connectivity index (χ2v) is 6.95. The topological polar surface area (TPSA) is 60.4 Å². The summed E-state index contributed by atoms with van der Waals surface area (Å²) in [6.07, 6.45) is 9.92. The Hall–Kier alpha value is -3.35. The zero-order valence-corrected chi connectivity index (χ0v) is 15.1. The minimum atomic E-state index is 0.0168. The second kappa shape index (κ2) is 6.12. The molecule has 136 valence electrons. The summed E-state index contributed by atoms with van der Waals surface area (Å²) in [6, 6.07) is 10.0. The Morgan fingerprint density at radius 3 is 2.59 bits per heavy atom. The van der Waals surface area contributed by atoms with Crippen molar-refractivity contribution in [2.75, 3.05) is 13.1 Å². The third-order valence-corrected chi connectivity index (χ3v) is 5.10. The third kappa shape index (κ3) is 2.71. The number of amides is 1. The summed E-state index contributed by atoms with van der Waals surface area (Å²) in [5.41, 5.74) is 3.70. The highest BCUT2D eigenvalue weighted by atomic mass is 16.2. The molecule has 5 rings (SSSR count). The molecule has 7 nitrogen and oxygen atoms in total. The van der Waals surface area contributed by atoms with Crippen LogP contribution in [0.3, 0.4) is 0 Å². The molecule has 0 unspecified atom stereocenters. The number of hydrogen-bond donors (Lipinski definition) is 0. The fraction of sp³-hybridized carbons (Fsp3) is 0.250. The molecule has 0 atom stereocenters. The van der Waals surface area contributed by atoms with E-state index in [4.69, 9.17) is 0 Å². The van der Waals surface area contributed by atoms with Crippen molar-refractivity contribution < 1.29 is 4.79 Å². The van der Waals surface area contributed by atoms with Crippen molar-refractivity contribution in [3.8, 4) is 16.9 Å². The first-order valence-corrected chi connectivity index (χ1v) is 9.14. The number of nitrogens with zero attached hydrogens (tertiary/aromatic N) is 6. The van der Waals surface area contributed by atoms with Crippen LogP contribution in [-0.4, -0.2) is 47.9 Å². The van der Waals surface area contributed by atoms with Gasteiger partial charge >= 0.3 is 0 Å². The molecule has 0 N–H and O–H groups in total. The van der Waals surface area contributed by atoms with Crippen molar-refractivity contribution in [1.29, 1.82) is 0 Å². The third-order valence-electron chi connectivity index (χ3n) is 5.10. The maximum Gasteiger partial charge on any atom is 0.274 e. The standard InChI is InChI=1S/C20H20N6O/c1-23-13-16(12-21-23)15-4-5-17-6-7-19(25(17)14-15)26-11-8-18(22-26)20(27)24-9-2-3-10-24/h4-8,11-14H,2-3,9-10H2,1H3. The van der Waals surface area contributed by atoms with Gasteiger partial charge in [0, 0.05) is 55.4 Å². The minimum absolute atomic E-state index is 0.0168. The van der Waals surface area contributed by atoms with Gasteiger partial charge in [0.2, 0.25) is 0 Å². The van der Waals surface area contributed by atoms with Crippen molar-refractivity contribution >= 4 is 11.4 Å². The molecule has 1 amide bonds. The maximum atomic E-state index is 12.6. The van der Waals surface area contributed by atoms with Crippen LogP contribution in [-0.2, 0) is 7.05 Å². The molecule has 4 aromatic heterocycles. The average molecular weight is 360 g/mol. The SMILES string of the molecule is Cn1cc(-c2ccc3ccc(-n4ccc(C(=O)N5CCCC5)n4)n3c2)cn1. The molecule has 1 saturated heterocycles. The summed E-state index contributed by atoms with van der Waals surface area (Å²) in [7, 11) is 1.91. The van der Waals surface area contributed by atoms with Crippen molar-refractivity contribution in [3.63, 3.8) is 0 Å². The Balaban J connectivity index is 1.52. The van der Waals surface area contributed by atoms with E-state index in [-0.39, 0.29) is 5.91 Å². The molecule has 0 radical (unpaired) electrons. The van der Waals surface area contributed by atoms with Crippen LogP contribution in [0.2, 0.25) is 0 Å². The summed E-state index contributed by atoms with van der Waals surface area (Å²) in [5.74, 6) is 0.916. The molecule has 0 spiro atoms. The molecular formula is C20H20N6O. The number of carbonyl (C=O) groups excluding carboxylic acids is 1. The monoisotopic (exact) mass is 360 g/mol. The predicted molar refractivity (Wildman–Crippen MR) is 102 cm³/mol. The zero-order valence-electron chi connectivity index (χ0n) is 15.1. The average Bonchev–Trinajstić information content (AvgIpc) is 3.45. The molecular weight excluding hydrogens is 340 g/mol. The van der Waals surface area contributed by atoms with E-state index in [1.165, 1.54) is 0 Å². The van der Waals surface area contributed by atoms with E-state index in [1.54, 1.807) is 15.4 Å². The Labute approximate surface area is 156 Å². The van der Waals surface area contributed by atoms with Gasteiger partial charge in [-0.25, -0.2) is 4.68 Å². The first-order valence-electron chi connectivity index (χ1n) is 9.14. The van der Waals surface area contributed by atoms with Crippen molar-refractivity contribution in [1.82, 2.24) is 28.9 Å². The molecule has 5 heterocycles. The molecule has 0 aromatic carbocycles. The molecule has 1 aliphatic rings. The molecule has 4 aromatic rings. The summed E-state index contributed by atoms with van der Waals surface area (Å²) in [6.45, 7) is 1.66. The molecule has 0 saturated carbocycles. The van der Waals surface area contributed by atoms with E-state index >= 15 is 0 Å². The van der Waals surface area contributed by atoms with Crippen LogP contribution in [0.4, 0.5) is 0 Å². The second-order valence-electron chi connectivity index (χ2n) is 6.95. The highest BCUT2D eigenvalue weighted by Crippen LogP contribution is 2.22. The number of aryl methyl sites for hydroxylation is 1. The molecule has 1 aliphatic heterocycles. The van der Waals surface area contributed by atoms with Crippen LogP contribution >= 0.6 is 0 Å². The molecule has 0 aliphatic carbocycles. The number of fused-ring (bicyclic) bond motifs is 1. The van der Waals surface area contributed by atoms with Crippen molar-refractivity contribution in [2.45, 2.75) is 12.8 Å². The van der Waals surface area contributed by atoms with Gasteiger partial charge in [0.15, 0.2) is 5.69 Å². The van der Waals surface area contributed by atoms with Crippen LogP contribution in [0.1, 0.15) is 23.3 Å². The lowest BCUT2D eigenvalue weighted by molar-refractivity contribution is 0.0786. The Kier molecular flexibility index (Phi) is 3.60. The van der Waals surface area contributed by atoms with Crippen LogP contribution in [0.25, 0.3) is 22.5 Å². The van der Waals surface area contributed by atoms with Crippen molar-refractivity contribution in [3.05, 3.63) is 60.8 Å². The van der Waals surface area contributed by atoms with Gasteiger partial charge in [-0.2, -0.15) is 10.2 Å². The van der Waals surface area contributed by atoms with E-state index in [9.17, 15) is 4.79 Å². The van der Waals surface area contributed by atoms with E-state index in [0.717, 1.165) is 48.4 Å². The van der Waals surface area contributed by atoms with Gasteiger partial charge in [0.05, 0.1) is 6.20 Å². The number of carbonyl (C=O) groups is 1. The fourth-order valence-corrected chi connectivity index (χ4v) is 3.66. The first kappa shape index (κ1) is 15.9. The van der Waals surface area contributed by atoms with Gasteiger partial charge in [0.1, 0.15) is 5.82 Å². The number of pyridine rings is 1. The summed E-state index contributed by atoms with van der Waals surface area (Å²) in [5, 5.41) is 8.79. The summed E-state index contributed by atoms with van der Waals surface area (Å²) < 4.78 is 5.64. The lowest BCUT2D eigenvalue weighted by atomic mass is 10.1. The fourth-order valence-electron chi connectivity index (χ4n) is 3.66. The van der Waals surface area contributed by atoms with E-state index in [1.807, 2.05) is 42.7 Å². The molecule has 7 heteroatoms. The molecule has 27 heavy (non-hydrogen) atoms. The quantitative estimate of drug-likeness (QED) is 0.564.